The SMILES string of the molecule is CCNC(=O)CCNc1nc(NCC)c(Cl)cc1Cl. The van der Waals surface area contributed by atoms with Gasteiger partial charge in [-0.25, -0.2) is 4.98 Å². The minimum absolute atomic E-state index is 0.00741. The summed E-state index contributed by atoms with van der Waals surface area (Å²) in [6.07, 6.45) is 0.366. The van der Waals surface area contributed by atoms with Crippen LogP contribution < -0.4 is 16.0 Å². The van der Waals surface area contributed by atoms with E-state index < -0.39 is 0 Å². The first kappa shape index (κ1) is 15.9. The van der Waals surface area contributed by atoms with E-state index in [2.05, 4.69) is 20.9 Å². The predicted octanol–water partition coefficient (Wildman–Crippen LogP) is 2.76. The summed E-state index contributed by atoms with van der Waals surface area (Å²) in [5.74, 6) is 1.09. The fourth-order valence-electron chi connectivity index (χ4n) is 1.46. The lowest BCUT2D eigenvalue weighted by atomic mass is 10.3. The average Bonchev–Trinajstić information content (AvgIpc) is 2.35. The molecule has 5 nitrogen and oxygen atoms in total. The third-order valence-corrected chi connectivity index (χ3v) is 2.87. The number of carbonyl (C=O) groups excluding carboxylic acids is 1. The Labute approximate surface area is 123 Å². The Morgan fingerprint density at radius 1 is 1.16 bits per heavy atom. The second kappa shape index (κ2) is 8.07. The first-order valence-electron chi connectivity index (χ1n) is 6.19. The number of aromatic nitrogens is 1. The van der Waals surface area contributed by atoms with Gasteiger partial charge in [-0.1, -0.05) is 23.2 Å². The van der Waals surface area contributed by atoms with Gasteiger partial charge in [-0.3, -0.25) is 4.79 Å². The van der Waals surface area contributed by atoms with Crippen LogP contribution in [0.1, 0.15) is 20.3 Å². The van der Waals surface area contributed by atoms with E-state index in [1.807, 2.05) is 13.8 Å². The molecule has 0 aliphatic carbocycles. The molecule has 0 aliphatic heterocycles. The van der Waals surface area contributed by atoms with Crippen molar-refractivity contribution in [3.05, 3.63) is 16.1 Å². The number of hydrogen-bond donors (Lipinski definition) is 3. The number of nitrogens with zero attached hydrogens (tertiary/aromatic N) is 1. The summed E-state index contributed by atoms with van der Waals surface area (Å²) in [4.78, 5) is 15.6. The van der Waals surface area contributed by atoms with E-state index >= 15 is 0 Å². The van der Waals surface area contributed by atoms with Crippen molar-refractivity contribution in [1.82, 2.24) is 10.3 Å². The zero-order valence-corrected chi connectivity index (χ0v) is 12.5. The van der Waals surface area contributed by atoms with Gasteiger partial charge in [0.1, 0.15) is 11.6 Å². The lowest BCUT2D eigenvalue weighted by Gasteiger charge is -2.11. The van der Waals surface area contributed by atoms with E-state index in [1.54, 1.807) is 6.07 Å². The number of hydrogen-bond acceptors (Lipinski definition) is 4. The minimum atomic E-state index is -0.00741. The van der Waals surface area contributed by atoms with Crippen LogP contribution in [0.15, 0.2) is 6.07 Å². The predicted molar refractivity (Wildman–Crippen MR) is 80.2 cm³/mol. The minimum Gasteiger partial charge on any atom is -0.369 e. The summed E-state index contributed by atoms with van der Waals surface area (Å²) in [5, 5.41) is 9.70. The molecule has 0 aliphatic rings. The van der Waals surface area contributed by atoms with E-state index in [9.17, 15) is 4.79 Å². The second-order valence-corrected chi connectivity index (χ2v) is 4.62. The van der Waals surface area contributed by atoms with Crippen LogP contribution >= 0.6 is 23.2 Å². The van der Waals surface area contributed by atoms with Crippen LogP contribution in [-0.2, 0) is 4.79 Å². The normalized spacial score (nSPS) is 10.1. The summed E-state index contributed by atoms with van der Waals surface area (Å²) in [6, 6.07) is 1.63. The molecule has 0 aromatic carbocycles. The Morgan fingerprint density at radius 2 is 1.79 bits per heavy atom. The highest BCUT2D eigenvalue weighted by Crippen LogP contribution is 2.28. The average molecular weight is 305 g/mol. The van der Waals surface area contributed by atoms with Gasteiger partial charge in [-0.15, -0.1) is 0 Å². The zero-order chi connectivity index (χ0) is 14.3. The monoisotopic (exact) mass is 304 g/mol. The highest BCUT2D eigenvalue weighted by molar-refractivity contribution is 6.37. The molecule has 19 heavy (non-hydrogen) atoms. The lowest BCUT2D eigenvalue weighted by molar-refractivity contribution is -0.120. The Hall–Kier alpha value is -1.20. The number of halogens is 2. The van der Waals surface area contributed by atoms with Gasteiger partial charge < -0.3 is 16.0 Å². The smallest absolute Gasteiger partial charge is 0.221 e. The molecule has 0 saturated heterocycles. The van der Waals surface area contributed by atoms with Crippen LogP contribution in [0.5, 0.6) is 0 Å². The number of rotatable bonds is 7. The van der Waals surface area contributed by atoms with E-state index in [1.165, 1.54) is 0 Å². The van der Waals surface area contributed by atoms with Crippen molar-refractivity contribution in [3.63, 3.8) is 0 Å². The number of nitrogens with one attached hydrogen (secondary N) is 3. The summed E-state index contributed by atoms with van der Waals surface area (Å²) < 4.78 is 0. The molecule has 0 fully saturated rings. The zero-order valence-electron chi connectivity index (χ0n) is 11.0. The van der Waals surface area contributed by atoms with Crippen molar-refractivity contribution in [2.75, 3.05) is 30.3 Å². The van der Waals surface area contributed by atoms with Crippen molar-refractivity contribution >= 4 is 40.7 Å². The Bertz CT molecular complexity index is 440. The molecule has 1 heterocycles. The third-order valence-electron chi connectivity index (χ3n) is 2.29. The highest BCUT2D eigenvalue weighted by atomic mass is 35.5. The standard InChI is InChI=1S/C12H18Cl2N4O/c1-3-15-10(19)5-6-17-12-9(14)7-8(13)11(18-12)16-4-2/h7H,3-6H2,1-2H3,(H,15,19)(H2,16,17,18). The van der Waals surface area contributed by atoms with E-state index in [0.717, 1.165) is 0 Å². The molecule has 0 bridgehead atoms. The van der Waals surface area contributed by atoms with E-state index in [0.29, 0.717) is 47.7 Å². The molecular formula is C12H18Cl2N4O. The van der Waals surface area contributed by atoms with Crippen molar-refractivity contribution in [1.29, 1.82) is 0 Å². The van der Waals surface area contributed by atoms with Gasteiger partial charge in [-0.2, -0.15) is 0 Å². The van der Waals surface area contributed by atoms with Gasteiger partial charge in [0.25, 0.3) is 0 Å². The van der Waals surface area contributed by atoms with E-state index in [4.69, 9.17) is 23.2 Å². The van der Waals surface area contributed by atoms with Gasteiger partial charge in [0.15, 0.2) is 0 Å². The topological polar surface area (TPSA) is 66.0 Å². The summed E-state index contributed by atoms with van der Waals surface area (Å²) >= 11 is 12.0. The number of amides is 1. The van der Waals surface area contributed by atoms with Crippen molar-refractivity contribution in [3.8, 4) is 0 Å². The fraction of sp³-hybridized carbons (Fsp3) is 0.500. The Kier molecular flexibility index (Phi) is 6.73. The quantitative estimate of drug-likeness (QED) is 0.725. The first-order valence-corrected chi connectivity index (χ1v) is 6.94. The van der Waals surface area contributed by atoms with Crippen LogP contribution in [0.3, 0.4) is 0 Å². The van der Waals surface area contributed by atoms with Gasteiger partial charge in [-0.05, 0) is 19.9 Å². The van der Waals surface area contributed by atoms with Gasteiger partial charge in [0.2, 0.25) is 5.91 Å². The molecule has 1 aromatic rings. The maximum Gasteiger partial charge on any atom is 0.221 e. The summed E-state index contributed by atoms with van der Waals surface area (Å²) in [5.41, 5.74) is 0. The first-order chi connectivity index (χ1) is 9.08. The third kappa shape index (κ3) is 5.12. The van der Waals surface area contributed by atoms with Gasteiger partial charge in [0.05, 0.1) is 10.0 Å². The molecule has 0 unspecified atom stereocenters. The molecule has 0 spiro atoms. The van der Waals surface area contributed by atoms with Crippen LogP contribution in [0.25, 0.3) is 0 Å². The summed E-state index contributed by atoms with van der Waals surface area (Å²) in [7, 11) is 0. The second-order valence-electron chi connectivity index (χ2n) is 3.81. The maximum atomic E-state index is 11.3. The lowest BCUT2D eigenvalue weighted by Crippen LogP contribution is -2.24. The molecule has 0 saturated carbocycles. The van der Waals surface area contributed by atoms with Gasteiger partial charge >= 0.3 is 0 Å². The molecule has 7 heteroatoms. The van der Waals surface area contributed by atoms with Crippen molar-refractivity contribution in [2.45, 2.75) is 20.3 Å². The molecule has 0 radical (unpaired) electrons. The molecule has 0 atom stereocenters. The molecule has 1 amide bonds. The van der Waals surface area contributed by atoms with Crippen LogP contribution in [-0.4, -0.2) is 30.5 Å². The number of pyridine rings is 1. The van der Waals surface area contributed by atoms with Crippen molar-refractivity contribution < 1.29 is 4.79 Å². The van der Waals surface area contributed by atoms with Crippen LogP contribution in [0.4, 0.5) is 11.6 Å². The van der Waals surface area contributed by atoms with E-state index in [-0.39, 0.29) is 5.91 Å². The van der Waals surface area contributed by atoms with Crippen LogP contribution in [0, 0.1) is 0 Å². The molecule has 106 valence electrons. The number of anilines is 2. The summed E-state index contributed by atoms with van der Waals surface area (Å²) in [6.45, 7) is 5.64. The molecular weight excluding hydrogens is 287 g/mol. The highest BCUT2D eigenvalue weighted by Gasteiger charge is 2.09. The Balaban J connectivity index is 2.62. The van der Waals surface area contributed by atoms with Crippen molar-refractivity contribution in [2.24, 2.45) is 0 Å². The molecule has 1 rings (SSSR count). The largest absolute Gasteiger partial charge is 0.369 e. The fourth-order valence-corrected chi connectivity index (χ4v) is 1.95. The van der Waals surface area contributed by atoms with Crippen LogP contribution in [0.2, 0.25) is 10.0 Å². The van der Waals surface area contributed by atoms with Gasteiger partial charge in [0, 0.05) is 26.1 Å². The number of carbonyl (C=O) groups is 1. The molecule has 1 aromatic heterocycles. The maximum absolute atomic E-state index is 11.3. The molecule has 3 N–H and O–H groups in total. The Morgan fingerprint density at radius 3 is 2.37 bits per heavy atom.